The highest BCUT2D eigenvalue weighted by atomic mass is 19.4. The van der Waals surface area contributed by atoms with Crippen LogP contribution in [-0.4, -0.2) is 54.6 Å². The summed E-state index contributed by atoms with van der Waals surface area (Å²) in [7, 11) is 0. The third kappa shape index (κ3) is 2.67. The molecule has 1 amide bonds. The van der Waals surface area contributed by atoms with E-state index in [2.05, 4.69) is 0 Å². The van der Waals surface area contributed by atoms with Crippen molar-refractivity contribution < 1.29 is 22.4 Å². The van der Waals surface area contributed by atoms with Crippen LogP contribution < -0.4 is 0 Å². The molecule has 1 aromatic heterocycles. The molecular weight excluding hydrogens is 273 g/mol. The Hall–Kier alpha value is -1.50. The second-order valence-electron chi connectivity index (χ2n) is 5.55. The molecule has 0 radical (unpaired) electrons. The molecular formula is C13H15F3N2O2. The maximum Gasteiger partial charge on any atom is 0.401 e. The standard InChI is InChI=1S/C13H15F3N2O2/c14-13(15,16)8-17-3-10-5-18(6-11(10)4-17)12(19)9-1-2-20-7-9/h1-2,7,10-11H,3-6,8H2. The molecule has 2 saturated heterocycles. The number of fused-ring (bicyclic) bond motifs is 1. The van der Waals surface area contributed by atoms with E-state index in [9.17, 15) is 18.0 Å². The van der Waals surface area contributed by atoms with E-state index < -0.39 is 12.7 Å². The first-order chi connectivity index (χ1) is 9.42. The van der Waals surface area contributed by atoms with Gasteiger partial charge in [-0.1, -0.05) is 0 Å². The molecule has 1 aromatic rings. The van der Waals surface area contributed by atoms with E-state index in [-0.39, 0.29) is 17.7 Å². The average molecular weight is 288 g/mol. The third-order valence-electron chi connectivity index (χ3n) is 4.02. The van der Waals surface area contributed by atoms with Gasteiger partial charge in [0.15, 0.2) is 0 Å². The zero-order valence-electron chi connectivity index (χ0n) is 10.8. The molecule has 7 heteroatoms. The van der Waals surface area contributed by atoms with Gasteiger partial charge in [-0.2, -0.15) is 13.2 Å². The number of hydrogen-bond donors (Lipinski definition) is 0. The van der Waals surface area contributed by atoms with Crippen LogP contribution in [0.5, 0.6) is 0 Å². The maximum atomic E-state index is 12.4. The summed E-state index contributed by atoms with van der Waals surface area (Å²) >= 11 is 0. The van der Waals surface area contributed by atoms with Crippen LogP contribution in [0.2, 0.25) is 0 Å². The topological polar surface area (TPSA) is 36.7 Å². The van der Waals surface area contributed by atoms with Gasteiger partial charge >= 0.3 is 6.18 Å². The number of rotatable bonds is 2. The van der Waals surface area contributed by atoms with Crippen molar-refractivity contribution in [1.82, 2.24) is 9.80 Å². The normalized spacial score (nSPS) is 27.1. The number of halogens is 3. The Morgan fingerprint density at radius 2 is 1.90 bits per heavy atom. The van der Waals surface area contributed by atoms with Crippen molar-refractivity contribution in [3.8, 4) is 0 Å². The highest BCUT2D eigenvalue weighted by Gasteiger charge is 2.44. The summed E-state index contributed by atoms with van der Waals surface area (Å²) < 4.78 is 42.0. The van der Waals surface area contributed by atoms with Gasteiger partial charge in [0.1, 0.15) is 6.26 Å². The Bertz CT molecular complexity index is 472. The second kappa shape index (κ2) is 4.80. The lowest BCUT2D eigenvalue weighted by molar-refractivity contribution is -0.144. The second-order valence-corrected chi connectivity index (χ2v) is 5.55. The minimum atomic E-state index is -4.15. The molecule has 3 heterocycles. The number of amides is 1. The number of carbonyl (C=O) groups excluding carboxylic acids is 1. The van der Waals surface area contributed by atoms with E-state index in [1.807, 2.05) is 0 Å². The number of hydrogen-bond acceptors (Lipinski definition) is 3. The summed E-state index contributed by atoms with van der Waals surface area (Å²) in [6.07, 6.45) is -1.31. The molecule has 0 N–H and O–H groups in total. The first-order valence-electron chi connectivity index (χ1n) is 6.53. The van der Waals surface area contributed by atoms with Crippen molar-refractivity contribution in [2.24, 2.45) is 11.8 Å². The molecule has 4 nitrogen and oxygen atoms in total. The van der Waals surface area contributed by atoms with Crippen molar-refractivity contribution in [2.75, 3.05) is 32.7 Å². The van der Waals surface area contributed by atoms with E-state index >= 15 is 0 Å². The zero-order valence-corrected chi connectivity index (χ0v) is 10.8. The highest BCUT2D eigenvalue weighted by molar-refractivity contribution is 5.94. The van der Waals surface area contributed by atoms with Gasteiger partial charge < -0.3 is 9.32 Å². The quantitative estimate of drug-likeness (QED) is 0.833. The number of carbonyl (C=O) groups is 1. The molecule has 110 valence electrons. The van der Waals surface area contributed by atoms with Crippen LogP contribution in [0.3, 0.4) is 0 Å². The summed E-state index contributed by atoms with van der Waals surface area (Å²) in [5.74, 6) is 0.192. The van der Waals surface area contributed by atoms with Crippen molar-refractivity contribution in [3.05, 3.63) is 24.2 Å². The summed E-state index contributed by atoms with van der Waals surface area (Å²) in [6.45, 7) is 1.04. The summed E-state index contributed by atoms with van der Waals surface area (Å²) in [5.41, 5.74) is 0.497. The van der Waals surface area contributed by atoms with Crippen LogP contribution >= 0.6 is 0 Å². The lowest BCUT2D eigenvalue weighted by atomic mass is 10.0. The maximum absolute atomic E-state index is 12.4. The fourth-order valence-corrected chi connectivity index (χ4v) is 3.21. The minimum Gasteiger partial charge on any atom is -0.472 e. The van der Waals surface area contributed by atoms with E-state index in [1.165, 1.54) is 17.4 Å². The van der Waals surface area contributed by atoms with E-state index in [4.69, 9.17) is 4.42 Å². The lowest BCUT2D eigenvalue weighted by Crippen LogP contribution is -2.36. The Morgan fingerprint density at radius 3 is 2.40 bits per heavy atom. The molecule has 0 bridgehead atoms. The van der Waals surface area contributed by atoms with Crippen LogP contribution in [0.1, 0.15) is 10.4 Å². The van der Waals surface area contributed by atoms with Crippen molar-refractivity contribution >= 4 is 5.91 Å². The zero-order chi connectivity index (χ0) is 14.3. The van der Waals surface area contributed by atoms with Gasteiger partial charge in [0.05, 0.1) is 18.4 Å². The molecule has 0 aliphatic carbocycles. The van der Waals surface area contributed by atoms with Crippen LogP contribution in [0, 0.1) is 11.8 Å². The van der Waals surface area contributed by atoms with Gasteiger partial charge in [0.2, 0.25) is 0 Å². The van der Waals surface area contributed by atoms with Gasteiger partial charge in [-0.25, -0.2) is 0 Å². The Kier molecular flexibility index (Phi) is 3.24. The van der Waals surface area contributed by atoms with E-state index in [1.54, 1.807) is 11.0 Å². The molecule has 20 heavy (non-hydrogen) atoms. The fraction of sp³-hybridized carbons (Fsp3) is 0.615. The molecule has 0 saturated carbocycles. The van der Waals surface area contributed by atoms with Crippen molar-refractivity contribution in [3.63, 3.8) is 0 Å². The molecule has 3 rings (SSSR count). The Morgan fingerprint density at radius 1 is 1.25 bits per heavy atom. The molecule has 2 aliphatic heterocycles. The van der Waals surface area contributed by atoms with E-state index in [0.29, 0.717) is 31.7 Å². The van der Waals surface area contributed by atoms with Crippen LogP contribution in [-0.2, 0) is 0 Å². The van der Waals surface area contributed by atoms with Crippen LogP contribution in [0.25, 0.3) is 0 Å². The summed E-state index contributed by atoms with van der Waals surface area (Å²) in [5, 5.41) is 0. The number of alkyl halides is 3. The molecule has 2 unspecified atom stereocenters. The minimum absolute atomic E-state index is 0.101. The molecule has 2 fully saturated rings. The molecule has 2 atom stereocenters. The van der Waals surface area contributed by atoms with Gasteiger partial charge in [0.25, 0.3) is 5.91 Å². The average Bonchev–Trinajstić information content (AvgIpc) is 2.98. The summed E-state index contributed by atoms with van der Waals surface area (Å²) in [4.78, 5) is 15.3. The fourth-order valence-electron chi connectivity index (χ4n) is 3.21. The number of likely N-dealkylation sites (tertiary alicyclic amines) is 2. The first kappa shape index (κ1) is 13.5. The SMILES string of the molecule is O=C(c1ccoc1)N1CC2CN(CC(F)(F)F)CC2C1. The molecule has 2 aliphatic rings. The van der Waals surface area contributed by atoms with Gasteiger partial charge in [0, 0.05) is 26.2 Å². The monoisotopic (exact) mass is 288 g/mol. The van der Waals surface area contributed by atoms with E-state index in [0.717, 1.165) is 0 Å². The smallest absolute Gasteiger partial charge is 0.401 e. The van der Waals surface area contributed by atoms with Gasteiger partial charge in [-0.15, -0.1) is 0 Å². The third-order valence-corrected chi connectivity index (χ3v) is 4.02. The van der Waals surface area contributed by atoms with Crippen LogP contribution in [0.15, 0.2) is 23.0 Å². The first-order valence-corrected chi connectivity index (χ1v) is 6.53. The molecule has 0 spiro atoms. The van der Waals surface area contributed by atoms with Gasteiger partial charge in [-0.3, -0.25) is 9.69 Å². The highest BCUT2D eigenvalue weighted by Crippen LogP contribution is 2.33. The largest absolute Gasteiger partial charge is 0.472 e. The van der Waals surface area contributed by atoms with Crippen molar-refractivity contribution in [1.29, 1.82) is 0 Å². The van der Waals surface area contributed by atoms with Crippen molar-refractivity contribution in [2.45, 2.75) is 6.18 Å². The Balaban J connectivity index is 1.57. The number of furan rings is 1. The predicted octanol–water partition coefficient (Wildman–Crippen LogP) is 1.85. The Labute approximate surface area is 114 Å². The molecule has 0 aromatic carbocycles. The number of nitrogens with zero attached hydrogens (tertiary/aromatic N) is 2. The summed E-state index contributed by atoms with van der Waals surface area (Å²) in [6, 6.07) is 1.60. The predicted molar refractivity (Wildman–Crippen MR) is 64.1 cm³/mol. The lowest BCUT2D eigenvalue weighted by Gasteiger charge is -2.22. The van der Waals surface area contributed by atoms with Gasteiger partial charge in [-0.05, 0) is 17.9 Å². The van der Waals surface area contributed by atoms with Crippen LogP contribution in [0.4, 0.5) is 13.2 Å².